The highest BCUT2D eigenvalue weighted by Gasteiger charge is 2.13. The first-order chi connectivity index (χ1) is 8.46. The zero-order chi connectivity index (χ0) is 13.6. The molecule has 0 atom stereocenters. The van der Waals surface area contributed by atoms with Gasteiger partial charge in [0.05, 0.1) is 14.2 Å². The number of rotatable bonds is 7. The largest absolute Gasteiger partial charge is 0.493 e. The zero-order valence-electron chi connectivity index (χ0n) is 12.1. The van der Waals surface area contributed by atoms with Gasteiger partial charge in [-0.25, -0.2) is 0 Å². The molecule has 0 fully saturated rings. The third-order valence-electron chi connectivity index (χ3n) is 2.59. The lowest BCUT2D eigenvalue weighted by atomic mass is 10.1. The number of benzene rings is 1. The Morgan fingerprint density at radius 3 is 2.22 bits per heavy atom. The fourth-order valence-electron chi connectivity index (χ4n) is 1.69. The van der Waals surface area contributed by atoms with Crippen molar-refractivity contribution in [2.75, 3.05) is 20.8 Å². The molecule has 102 valence electrons. The molecule has 18 heavy (non-hydrogen) atoms. The van der Waals surface area contributed by atoms with E-state index in [2.05, 4.69) is 25.7 Å². The first-order valence-electron chi connectivity index (χ1n) is 6.31. The van der Waals surface area contributed by atoms with Gasteiger partial charge < -0.3 is 13.9 Å². The van der Waals surface area contributed by atoms with Gasteiger partial charge in [-0.1, -0.05) is 6.07 Å². The van der Waals surface area contributed by atoms with Crippen LogP contribution in [0.1, 0.15) is 12.0 Å². The summed E-state index contributed by atoms with van der Waals surface area (Å²) >= 11 is 0. The quantitative estimate of drug-likeness (QED) is 0.559. The molecule has 0 saturated carbocycles. The Morgan fingerprint density at radius 1 is 1.00 bits per heavy atom. The summed E-state index contributed by atoms with van der Waals surface area (Å²) in [6, 6.07) is 6.07. The molecule has 0 aromatic heterocycles. The van der Waals surface area contributed by atoms with Crippen molar-refractivity contribution in [3.05, 3.63) is 23.8 Å². The molecule has 0 amide bonds. The minimum absolute atomic E-state index is 0.777. The van der Waals surface area contributed by atoms with E-state index in [-0.39, 0.29) is 0 Å². The van der Waals surface area contributed by atoms with Crippen molar-refractivity contribution in [1.82, 2.24) is 0 Å². The van der Waals surface area contributed by atoms with Crippen molar-refractivity contribution in [2.45, 2.75) is 32.5 Å². The van der Waals surface area contributed by atoms with Gasteiger partial charge in [0.2, 0.25) is 0 Å². The monoisotopic (exact) mass is 268 g/mol. The first kappa shape index (κ1) is 15.1. The van der Waals surface area contributed by atoms with E-state index >= 15 is 0 Å². The van der Waals surface area contributed by atoms with Gasteiger partial charge in [-0.15, -0.1) is 0 Å². The van der Waals surface area contributed by atoms with Gasteiger partial charge in [0.15, 0.2) is 19.8 Å². The maximum absolute atomic E-state index is 5.84. The van der Waals surface area contributed by atoms with Crippen LogP contribution in [-0.2, 0) is 10.8 Å². The molecule has 1 rings (SSSR count). The summed E-state index contributed by atoms with van der Waals surface area (Å²) in [4.78, 5) is 0. The van der Waals surface area contributed by atoms with Crippen LogP contribution >= 0.6 is 0 Å². The Morgan fingerprint density at radius 2 is 1.67 bits per heavy atom. The van der Waals surface area contributed by atoms with E-state index in [1.165, 1.54) is 5.56 Å². The van der Waals surface area contributed by atoms with E-state index in [0.29, 0.717) is 0 Å². The van der Waals surface area contributed by atoms with Crippen LogP contribution in [0, 0.1) is 0 Å². The standard InChI is InChI=1S/C14H24O3Si/c1-15-13-9-8-12(11-14(13)16-2)7-6-10-17-18(3,4)5/h8-9,11H,6-7,10H2,1-5H3. The summed E-state index contributed by atoms with van der Waals surface area (Å²) < 4.78 is 16.3. The fraction of sp³-hybridized carbons (Fsp3) is 0.571. The molecular formula is C14H24O3Si. The molecule has 0 spiro atoms. The summed E-state index contributed by atoms with van der Waals surface area (Å²) in [7, 11) is 1.94. The number of methoxy groups -OCH3 is 2. The van der Waals surface area contributed by atoms with Gasteiger partial charge >= 0.3 is 0 Å². The molecule has 0 aliphatic heterocycles. The fourth-order valence-corrected chi connectivity index (χ4v) is 2.45. The maximum Gasteiger partial charge on any atom is 0.183 e. The molecule has 0 N–H and O–H groups in total. The molecule has 0 saturated heterocycles. The summed E-state index contributed by atoms with van der Waals surface area (Å²) in [6.45, 7) is 7.47. The van der Waals surface area contributed by atoms with E-state index in [1.807, 2.05) is 12.1 Å². The first-order valence-corrected chi connectivity index (χ1v) is 9.72. The predicted octanol–water partition coefficient (Wildman–Crippen LogP) is 3.49. The lowest BCUT2D eigenvalue weighted by Crippen LogP contribution is -2.25. The molecule has 1 aromatic carbocycles. The van der Waals surface area contributed by atoms with Crippen LogP contribution in [0.15, 0.2) is 18.2 Å². The highest BCUT2D eigenvalue weighted by molar-refractivity contribution is 6.69. The molecular weight excluding hydrogens is 244 g/mol. The third-order valence-corrected chi connectivity index (χ3v) is 3.66. The number of aryl methyl sites for hydroxylation is 1. The topological polar surface area (TPSA) is 27.7 Å². The van der Waals surface area contributed by atoms with Crippen LogP contribution in [0.25, 0.3) is 0 Å². The van der Waals surface area contributed by atoms with Gasteiger partial charge in [-0.05, 0) is 50.2 Å². The van der Waals surface area contributed by atoms with Crippen LogP contribution < -0.4 is 9.47 Å². The molecule has 0 bridgehead atoms. The summed E-state index contributed by atoms with van der Waals surface area (Å²) in [6.07, 6.45) is 2.05. The SMILES string of the molecule is COc1ccc(CCCO[Si](C)(C)C)cc1OC. The van der Waals surface area contributed by atoms with Crippen LogP contribution in [0.4, 0.5) is 0 Å². The Balaban J connectivity index is 2.48. The van der Waals surface area contributed by atoms with E-state index in [1.54, 1.807) is 14.2 Å². The molecule has 0 radical (unpaired) electrons. The Kier molecular flexibility index (Phi) is 5.69. The Bertz CT molecular complexity index is 372. The van der Waals surface area contributed by atoms with E-state index in [0.717, 1.165) is 30.9 Å². The molecule has 0 heterocycles. The highest BCUT2D eigenvalue weighted by atomic mass is 28.4. The predicted molar refractivity (Wildman–Crippen MR) is 77.2 cm³/mol. The second kappa shape index (κ2) is 6.80. The summed E-state index contributed by atoms with van der Waals surface area (Å²) in [5, 5.41) is 0. The van der Waals surface area contributed by atoms with Crippen molar-refractivity contribution >= 4 is 8.32 Å². The van der Waals surface area contributed by atoms with Crippen molar-refractivity contribution in [3.8, 4) is 11.5 Å². The minimum Gasteiger partial charge on any atom is -0.493 e. The molecule has 3 nitrogen and oxygen atoms in total. The minimum atomic E-state index is -1.37. The smallest absolute Gasteiger partial charge is 0.183 e. The maximum atomic E-state index is 5.84. The van der Waals surface area contributed by atoms with Gasteiger partial charge in [-0.3, -0.25) is 0 Å². The molecule has 0 aliphatic carbocycles. The number of hydrogen-bond donors (Lipinski definition) is 0. The third kappa shape index (κ3) is 5.10. The molecule has 4 heteroatoms. The Hall–Kier alpha value is -1.00. The van der Waals surface area contributed by atoms with Crippen LogP contribution in [0.5, 0.6) is 11.5 Å². The van der Waals surface area contributed by atoms with Gasteiger partial charge in [0, 0.05) is 6.61 Å². The van der Waals surface area contributed by atoms with Gasteiger partial charge in [-0.2, -0.15) is 0 Å². The average Bonchev–Trinajstić information content (AvgIpc) is 2.33. The Labute approximate surface area is 111 Å². The van der Waals surface area contributed by atoms with Crippen LogP contribution in [0.2, 0.25) is 19.6 Å². The number of ether oxygens (including phenoxy) is 2. The van der Waals surface area contributed by atoms with E-state index in [4.69, 9.17) is 13.9 Å². The van der Waals surface area contributed by atoms with Gasteiger partial charge in [0.1, 0.15) is 0 Å². The second-order valence-corrected chi connectivity index (χ2v) is 9.77. The molecule has 1 aromatic rings. The van der Waals surface area contributed by atoms with Crippen molar-refractivity contribution in [3.63, 3.8) is 0 Å². The molecule has 0 aliphatic rings. The lowest BCUT2D eigenvalue weighted by Gasteiger charge is -2.17. The van der Waals surface area contributed by atoms with Crippen LogP contribution in [0.3, 0.4) is 0 Å². The van der Waals surface area contributed by atoms with Crippen molar-refractivity contribution in [1.29, 1.82) is 0 Å². The average molecular weight is 268 g/mol. The van der Waals surface area contributed by atoms with E-state index in [9.17, 15) is 0 Å². The molecule has 0 unspecified atom stereocenters. The lowest BCUT2D eigenvalue weighted by molar-refractivity contribution is 0.304. The normalized spacial score (nSPS) is 11.4. The van der Waals surface area contributed by atoms with Crippen LogP contribution in [-0.4, -0.2) is 29.1 Å². The second-order valence-electron chi connectivity index (χ2n) is 5.25. The zero-order valence-corrected chi connectivity index (χ0v) is 13.1. The van der Waals surface area contributed by atoms with Crippen molar-refractivity contribution < 1.29 is 13.9 Å². The van der Waals surface area contributed by atoms with Gasteiger partial charge in [0.25, 0.3) is 0 Å². The summed E-state index contributed by atoms with van der Waals surface area (Å²) in [5.41, 5.74) is 1.26. The number of hydrogen-bond acceptors (Lipinski definition) is 3. The van der Waals surface area contributed by atoms with E-state index < -0.39 is 8.32 Å². The van der Waals surface area contributed by atoms with Crippen molar-refractivity contribution in [2.24, 2.45) is 0 Å². The summed E-state index contributed by atoms with van der Waals surface area (Å²) in [5.74, 6) is 1.57. The highest BCUT2D eigenvalue weighted by Crippen LogP contribution is 2.27.